The Labute approximate surface area is 82.8 Å². The molecule has 0 aromatic heterocycles. The fourth-order valence-corrected chi connectivity index (χ4v) is 1.33. The van der Waals surface area contributed by atoms with Crippen molar-refractivity contribution in [1.82, 2.24) is 0 Å². The van der Waals surface area contributed by atoms with Crippen molar-refractivity contribution in [2.75, 3.05) is 12.3 Å². The molecular formula is C10H14N2O2. The number of hydrogen-bond acceptors (Lipinski definition) is 3. The van der Waals surface area contributed by atoms with E-state index in [1.807, 2.05) is 19.9 Å². The van der Waals surface area contributed by atoms with Crippen LogP contribution in [0.3, 0.4) is 0 Å². The molecule has 1 amide bonds. The molecule has 4 N–H and O–H groups in total. The van der Waals surface area contributed by atoms with Crippen molar-refractivity contribution in [1.29, 1.82) is 0 Å². The second-order valence-corrected chi connectivity index (χ2v) is 3.26. The normalized spacial score (nSPS) is 9.86. The van der Waals surface area contributed by atoms with Gasteiger partial charge in [-0.25, -0.2) is 0 Å². The molecule has 1 aromatic rings. The van der Waals surface area contributed by atoms with Crippen molar-refractivity contribution in [3.63, 3.8) is 0 Å². The molecular weight excluding hydrogens is 180 g/mol. The van der Waals surface area contributed by atoms with Gasteiger partial charge in [-0.05, 0) is 31.0 Å². The molecule has 0 fully saturated rings. The third-order valence-corrected chi connectivity index (χ3v) is 1.81. The lowest BCUT2D eigenvalue weighted by Gasteiger charge is -2.11. The predicted octanol–water partition coefficient (Wildman–Crippen LogP) is 0.750. The van der Waals surface area contributed by atoms with Gasteiger partial charge >= 0.3 is 0 Å². The molecule has 0 bridgehead atoms. The van der Waals surface area contributed by atoms with Crippen LogP contribution in [0.25, 0.3) is 0 Å². The van der Waals surface area contributed by atoms with Crippen molar-refractivity contribution >= 4 is 11.6 Å². The minimum absolute atomic E-state index is 0.145. The van der Waals surface area contributed by atoms with E-state index in [1.54, 1.807) is 6.07 Å². The molecule has 0 heterocycles. The van der Waals surface area contributed by atoms with E-state index in [2.05, 4.69) is 0 Å². The first kappa shape index (κ1) is 10.4. The number of nitrogen functional groups attached to an aromatic ring is 1. The fourth-order valence-electron chi connectivity index (χ4n) is 1.33. The maximum atomic E-state index is 10.5. The molecule has 0 spiro atoms. The molecule has 1 rings (SSSR count). The second-order valence-electron chi connectivity index (χ2n) is 3.26. The van der Waals surface area contributed by atoms with Gasteiger partial charge < -0.3 is 16.2 Å². The Kier molecular flexibility index (Phi) is 2.96. The van der Waals surface area contributed by atoms with E-state index in [1.165, 1.54) is 0 Å². The molecule has 0 atom stereocenters. The summed E-state index contributed by atoms with van der Waals surface area (Å²) in [4.78, 5) is 10.5. The van der Waals surface area contributed by atoms with Gasteiger partial charge in [-0.15, -0.1) is 0 Å². The van der Waals surface area contributed by atoms with Crippen LogP contribution in [0.15, 0.2) is 12.1 Å². The number of carbonyl (C=O) groups is 1. The lowest BCUT2D eigenvalue weighted by Crippen LogP contribution is -2.20. The average Bonchev–Trinajstić information content (AvgIpc) is 2.01. The van der Waals surface area contributed by atoms with Gasteiger partial charge in [0.1, 0.15) is 5.75 Å². The summed E-state index contributed by atoms with van der Waals surface area (Å²) < 4.78 is 5.18. The van der Waals surface area contributed by atoms with Gasteiger partial charge in [0, 0.05) is 0 Å². The summed E-state index contributed by atoms with van der Waals surface area (Å²) in [6.07, 6.45) is 0. The van der Waals surface area contributed by atoms with Gasteiger partial charge in [-0.3, -0.25) is 4.79 Å². The Morgan fingerprint density at radius 1 is 1.43 bits per heavy atom. The first-order chi connectivity index (χ1) is 6.50. The quantitative estimate of drug-likeness (QED) is 0.697. The van der Waals surface area contributed by atoms with Crippen LogP contribution in [-0.2, 0) is 4.79 Å². The summed E-state index contributed by atoms with van der Waals surface area (Å²) in [5.74, 6) is 0.0266. The monoisotopic (exact) mass is 194 g/mol. The highest BCUT2D eigenvalue weighted by Gasteiger charge is 2.06. The van der Waals surface area contributed by atoms with Crippen LogP contribution in [-0.4, -0.2) is 12.5 Å². The zero-order valence-corrected chi connectivity index (χ0v) is 8.33. The molecule has 0 radical (unpaired) electrons. The minimum Gasteiger partial charge on any atom is -0.481 e. The predicted molar refractivity (Wildman–Crippen MR) is 55.0 cm³/mol. The summed E-state index contributed by atoms with van der Waals surface area (Å²) in [6.45, 7) is 3.68. The second kappa shape index (κ2) is 4.00. The van der Waals surface area contributed by atoms with Gasteiger partial charge in [0.05, 0.1) is 5.69 Å². The number of aryl methyl sites for hydroxylation is 2. The Morgan fingerprint density at radius 2 is 2.07 bits per heavy atom. The molecule has 0 aliphatic carbocycles. The average molecular weight is 194 g/mol. The van der Waals surface area contributed by atoms with E-state index in [4.69, 9.17) is 16.2 Å². The molecule has 0 saturated carbocycles. The van der Waals surface area contributed by atoms with Gasteiger partial charge in [0.2, 0.25) is 0 Å². The SMILES string of the molecule is Cc1cc(C)c(OCC(N)=O)c(N)c1. The van der Waals surface area contributed by atoms with Gasteiger partial charge in [0.25, 0.3) is 5.91 Å². The maximum Gasteiger partial charge on any atom is 0.255 e. The number of hydrogen-bond donors (Lipinski definition) is 2. The Hall–Kier alpha value is -1.71. The first-order valence-corrected chi connectivity index (χ1v) is 4.28. The van der Waals surface area contributed by atoms with E-state index in [9.17, 15) is 4.79 Å². The van der Waals surface area contributed by atoms with Crippen LogP contribution in [0.4, 0.5) is 5.69 Å². The van der Waals surface area contributed by atoms with Crippen LogP contribution in [0.2, 0.25) is 0 Å². The van der Waals surface area contributed by atoms with Crippen molar-refractivity contribution in [2.24, 2.45) is 5.73 Å². The summed E-state index contributed by atoms with van der Waals surface area (Å²) >= 11 is 0. The molecule has 0 aliphatic heterocycles. The Balaban J connectivity index is 2.91. The summed E-state index contributed by atoms with van der Waals surface area (Å²) in [5, 5.41) is 0. The van der Waals surface area contributed by atoms with Crippen molar-refractivity contribution in [3.8, 4) is 5.75 Å². The highest BCUT2D eigenvalue weighted by molar-refractivity contribution is 5.75. The lowest BCUT2D eigenvalue weighted by molar-refractivity contribution is -0.119. The van der Waals surface area contributed by atoms with Crippen molar-refractivity contribution < 1.29 is 9.53 Å². The maximum absolute atomic E-state index is 10.5. The molecule has 0 unspecified atom stereocenters. The van der Waals surface area contributed by atoms with Gasteiger partial charge in [-0.1, -0.05) is 6.07 Å². The summed E-state index contributed by atoms with van der Waals surface area (Å²) in [7, 11) is 0. The number of rotatable bonds is 3. The molecule has 4 heteroatoms. The van der Waals surface area contributed by atoms with E-state index in [-0.39, 0.29) is 6.61 Å². The zero-order chi connectivity index (χ0) is 10.7. The number of anilines is 1. The van der Waals surface area contributed by atoms with E-state index in [0.717, 1.165) is 11.1 Å². The van der Waals surface area contributed by atoms with Crippen LogP contribution >= 0.6 is 0 Å². The molecule has 4 nitrogen and oxygen atoms in total. The number of carbonyl (C=O) groups excluding carboxylic acids is 1. The van der Waals surface area contributed by atoms with E-state index in [0.29, 0.717) is 11.4 Å². The van der Waals surface area contributed by atoms with Crippen LogP contribution in [0, 0.1) is 13.8 Å². The third kappa shape index (κ3) is 2.39. The largest absolute Gasteiger partial charge is 0.481 e. The number of amides is 1. The van der Waals surface area contributed by atoms with E-state index >= 15 is 0 Å². The topological polar surface area (TPSA) is 78.3 Å². The molecule has 76 valence electrons. The summed E-state index contributed by atoms with van der Waals surface area (Å²) in [5.41, 5.74) is 13.2. The summed E-state index contributed by atoms with van der Waals surface area (Å²) in [6, 6.07) is 3.73. The van der Waals surface area contributed by atoms with Gasteiger partial charge in [0.15, 0.2) is 6.61 Å². The van der Waals surface area contributed by atoms with Crippen molar-refractivity contribution in [2.45, 2.75) is 13.8 Å². The standard InChI is InChI=1S/C10H14N2O2/c1-6-3-7(2)10(8(11)4-6)14-5-9(12)13/h3-4H,5,11H2,1-2H3,(H2,12,13). The molecule has 0 saturated heterocycles. The number of benzene rings is 1. The molecule has 14 heavy (non-hydrogen) atoms. The Bertz CT molecular complexity index is 338. The fraction of sp³-hybridized carbons (Fsp3) is 0.300. The van der Waals surface area contributed by atoms with E-state index < -0.39 is 5.91 Å². The Morgan fingerprint density at radius 3 is 2.57 bits per heavy atom. The highest BCUT2D eigenvalue weighted by Crippen LogP contribution is 2.27. The minimum atomic E-state index is -0.510. The lowest BCUT2D eigenvalue weighted by atomic mass is 10.1. The smallest absolute Gasteiger partial charge is 0.255 e. The molecule has 1 aromatic carbocycles. The van der Waals surface area contributed by atoms with Crippen molar-refractivity contribution in [3.05, 3.63) is 23.3 Å². The number of nitrogens with two attached hydrogens (primary N) is 2. The number of primary amides is 1. The zero-order valence-electron chi connectivity index (χ0n) is 8.33. The van der Waals surface area contributed by atoms with Crippen LogP contribution < -0.4 is 16.2 Å². The van der Waals surface area contributed by atoms with Gasteiger partial charge in [-0.2, -0.15) is 0 Å². The van der Waals surface area contributed by atoms with Crippen LogP contribution in [0.1, 0.15) is 11.1 Å². The first-order valence-electron chi connectivity index (χ1n) is 4.28. The van der Waals surface area contributed by atoms with Crippen LogP contribution in [0.5, 0.6) is 5.75 Å². The highest BCUT2D eigenvalue weighted by atomic mass is 16.5. The third-order valence-electron chi connectivity index (χ3n) is 1.81. The number of ether oxygens (including phenoxy) is 1. The molecule has 0 aliphatic rings.